The SMILES string of the molecule is O=C(Cc1ccc(Br)cc1)OCC(=O)N1CCNC1=O. The van der Waals surface area contributed by atoms with Crippen LogP contribution in [0, 0.1) is 0 Å². The van der Waals surface area contributed by atoms with Gasteiger partial charge in [-0.25, -0.2) is 4.79 Å². The molecule has 0 spiro atoms. The van der Waals surface area contributed by atoms with Crippen LogP contribution in [0.4, 0.5) is 4.79 Å². The number of benzene rings is 1. The predicted molar refractivity (Wildman–Crippen MR) is 73.9 cm³/mol. The van der Waals surface area contributed by atoms with Gasteiger partial charge in [0.2, 0.25) is 0 Å². The van der Waals surface area contributed by atoms with Gasteiger partial charge in [-0.1, -0.05) is 28.1 Å². The van der Waals surface area contributed by atoms with E-state index in [-0.39, 0.29) is 6.42 Å². The van der Waals surface area contributed by atoms with Gasteiger partial charge in [0.05, 0.1) is 6.42 Å². The molecule has 1 N–H and O–H groups in total. The Labute approximate surface area is 124 Å². The molecule has 3 amide bonds. The fourth-order valence-electron chi connectivity index (χ4n) is 1.75. The van der Waals surface area contributed by atoms with Gasteiger partial charge in [0.25, 0.3) is 5.91 Å². The van der Waals surface area contributed by atoms with Crippen molar-refractivity contribution in [2.75, 3.05) is 19.7 Å². The fraction of sp³-hybridized carbons (Fsp3) is 0.308. The Bertz CT molecular complexity index is 530. The van der Waals surface area contributed by atoms with Crippen LogP contribution < -0.4 is 5.32 Å². The molecule has 0 bridgehead atoms. The van der Waals surface area contributed by atoms with Crippen molar-refractivity contribution in [2.24, 2.45) is 0 Å². The second-order valence-corrected chi connectivity index (χ2v) is 5.16. The second kappa shape index (κ2) is 6.51. The van der Waals surface area contributed by atoms with E-state index in [9.17, 15) is 14.4 Å². The zero-order valence-corrected chi connectivity index (χ0v) is 12.2. The van der Waals surface area contributed by atoms with Crippen molar-refractivity contribution in [1.29, 1.82) is 0 Å². The first-order chi connectivity index (χ1) is 9.56. The number of amides is 3. The lowest BCUT2D eigenvalue weighted by atomic mass is 10.2. The van der Waals surface area contributed by atoms with Gasteiger partial charge in [-0.2, -0.15) is 0 Å². The number of carbonyl (C=O) groups excluding carboxylic acids is 3. The summed E-state index contributed by atoms with van der Waals surface area (Å²) in [5, 5.41) is 2.50. The zero-order valence-electron chi connectivity index (χ0n) is 10.6. The normalized spacial score (nSPS) is 14.1. The molecule has 6 nitrogen and oxygen atoms in total. The molecule has 1 aliphatic rings. The number of ether oxygens (including phenoxy) is 1. The summed E-state index contributed by atoms with van der Waals surface area (Å²) in [5.41, 5.74) is 0.796. The minimum atomic E-state index is -0.510. The molecule has 0 atom stereocenters. The van der Waals surface area contributed by atoms with E-state index in [2.05, 4.69) is 21.2 Å². The summed E-state index contributed by atoms with van der Waals surface area (Å²) in [6, 6.07) is 6.78. The number of carbonyl (C=O) groups is 3. The fourth-order valence-corrected chi connectivity index (χ4v) is 2.01. The molecule has 7 heteroatoms. The molecule has 0 saturated carbocycles. The van der Waals surface area contributed by atoms with Crippen molar-refractivity contribution in [3.8, 4) is 0 Å². The quantitative estimate of drug-likeness (QED) is 0.832. The predicted octanol–water partition coefficient (Wildman–Crippen LogP) is 1.09. The van der Waals surface area contributed by atoms with Crippen molar-refractivity contribution in [1.82, 2.24) is 10.2 Å². The van der Waals surface area contributed by atoms with E-state index in [1.807, 2.05) is 12.1 Å². The Morgan fingerprint density at radius 3 is 2.60 bits per heavy atom. The van der Waals surface area contributed by atoms with Gasteiger partial charge in [0.1, 0.15) is 0 Å². The van der Waals surface area contributed by atoms with Crippen molar-refractivity contribution < 1.29 is 19.1 Å². The lowest BCUT2D eigenvalue weighted by Gasteiger charge is -2.12. The maximum absolute atomic E-state index is 11.6. The number of urea groups is 1. The summed E-state index contributed by atoms with van der Waals surface area (Å²) in [6.45, 7) is 0.322. The molecule has 20 heavy (non-hydrogen) atoms. The number of nitrogens with one attached hydrogen (secondary N) is 1. The topological polar surface area (TPSA) is 75.7 Å². The maximum Gasteiger partial charge on any atom is 0.324 e. The van der Waals surface area contributed by atoms with Gasteiger partial charge in [-0.15, -0.1) is 0 Å². The van der Waals surface area contributed by atoms with E-state index in [1.165, 1.54) is 0 Å². The van der Waals surface area contributed by atoms with E-state index in [1.54, 1.807) is 12.1 Å². The molecule has 1 fully saturated rings. The van der Waals surface area contributed by atoms with Gasteiger partial charge < -0.3 is 10.1 Å². The first-order valence-corrected chi connectivity index (χ1v) is 6.84. The van der Waals surface area contributed by atoms with E-state index in [0.717, 1.165) is 14.9 Å². The van der Waals surface area contributed by atoms with Crippen LogP contribution in [0.2, 0.25) is 0 Å². The van der Waals surface area contributed by atoms with Gasteiger partial charge in [0.15, 0.2) is 6.61 Å². The molecular formula is C13H13BrN2O4. The smallest absolute Gasteiger partial charge is 0.324 e. The van der Waals surface area contributed by atoms with E-state index < -0.39 is 24.5 Å². The number of esters is 1. The van der Waals surface area contributed by atoms with Crippen molar-refractivity contribution in [3.05, 3.63) is 34.3 Å². The Kier molecular flexibility index (Phi) is 4.73. The minimum absolute atomic E-state index is 0.0900. The van der Waals surface area contributed by atoms with Gasteiger partial charge in [0, 0.05) is 17.6 Å². The highest BCUT2D eigenvalue weighted by Crippen LogP contribution is 2.11. The number of rotatable bonds is 4. The molecule has 0 aromatic heterocycles. The molecule has 1 aromatic carbocycles. The lowest BCUT2D eigenvalue weighted by Crippen LogP contribution is -2.37. The summed E-state index contributed by atoms with van der Waals surface area (Å²) < 4.78 is 5.80. The summed E-state index contributed by atoms with van der Waals surface area (Å²) in [5.74, 6) is -1.01. The van der Waals surface area contributed by atoms with Crippen LogP contribution in [0.15, 0.2) is 28.7 Å². The van der Waals surface area contributed by atoms with E-state index >= 15 is 0 Å². The van der Waals surface area contributed by atoms with Crippen LogP contribution in [0.5, 0.6) is 0 Å². The number of halogens is 1. The first kappa shape index (κ1) is 14.5. The Morgan fingerprint density at radius 2 is 2.00 bits per heavy atom. The molecule has 106 valence electrons. The summed E-state index contributed by atoms with van der Waals surface area (Å²) in [4.78, 5) is 35.5. The molecule has 0 radical (unpaired) electrons. The average Bonchev–Trinajstić information content (AvgIpc) is 2.85. The molecule has 0 aliphatic carbocycles. The van der Waals surface area contributed by atoms with E-state index in [4.69, 9.17) is 4.74 Å². The summed E-state index contributed by atoms with van der Waals surface area (Å²) in [6.07, 6.45) is 0.0900. The minimum Gasteiger partial charge on any atom is -0.455 e. The molecule has 1 saturated heterocycles. The summed E-state index contributed by atoms with van der Waals surface area (Å²) >= 11 is 3.30. The van der Waals surface area contributed by atoms with Crippen LogP contribution in [-0.2, 0) is 20.7 Å². The maximum atomic E-state index is 11.6. The average molecular weight is 341 g/mol. The van der Waals surface area contributed by atoms with Gasteiger partial charge >= 0.3 is 12.0 Å². The Morgan fingerprint density at radius 1 is 1.30 bits per heavy atom. The van der Waals surface area contributed by atoms with Crippen LogP contribution in [-0.4, -0.2) is 42.5 Å². The molecular weight excluding hydrogens is 328 g/mol. The molecule has 1 aromatic rings. The number of hydrogen-bond donors (Lipinski definition) is 1. The van der Waals surface area contributed by atoms with E-state index in [0.29, 0.717) is 13.1 Å². The highest BCUT2D eigenvalue weighted by atomic mass is 79.9. The van der Waals surface area contributed by atoms with Crippen LogP contribution in [0.3, 0.4) is 0 Å². The molecule has 0 unspecified atom stereocenters. The molecule has 1 aliphatic heterocycles. The standard InChI is InChI=1S/C13H13BrN2O4/c14-10-3-1-9(2-4-10)7-12(18)20-8-11(17)16-6-5-15-13(16)19/h1-4H,5-8H2,(H,15,19). The Hall–Kier alpha value is -1.89. The van der Waals surface area contributed by atoms with Crippen LogP contribution in [0.1, 0.15) is 5.56 Å². The third-order valence-electron chi connectivity index (χ3n) is 2.78. The second-order valence-electron chi connectivity index (χ2n) is 4.24. The number of nitrogens with zero attached hydrogens (tertiary/aromatic N) is 1. The van der Waals surface area contributed by atoms with Crippen molar-refractivity contribution in [2.45, 2.75) is 6.42 Å². The highest BCUT2D eigenvalue weighted by molar-refractivity contribution is 9.10. The largest absolute Gasteiger partial charge is 0.455 e. The Balaban J connectivity index is 1.79. The van der Waals surface area contributed by atoms with Crippen LogP contribution in [0.25, 0.3) is 0 Å². The number of imide groups is 1. The molecule has 2 rings (SSSR count). The first-order valence-electron chi connectivity index (χ1n) is 6.04. The van der Waals surface area contributed by atoms with Gasteiger partial charge in [-0.3, -0.25) is 14.5 Å². The monoisotopic (exact) mass is 340 g/mol. The number of hydrogen-bond acceptors (Lipinski definition) is 4. The highest BCUT2D eigenvalue weighted by Gasteiger charge is 2.26. The summed E-state index contributed by atoms with van der Waals surface area (Å²) in [7, 11) is 0. The van der Waals surface area contributed by atoms with Crippen molar-refractivity contribution >= 4 is 33.8 Å². The molecule has 1 heterocycles. The zero-order chi connectivity index (χ0) is 14.5. The lowest BCUT2D eigenvalue weighted by molar-refractivity contribution is -0.150. The van der Waals surface area contributed by atoms with Crippen LogP contribution >= 0.6 is 15.9 Å². The third kappa shape index (κ3) is 3.80. The van der Waals surface area contributed by atoms with Crippen molar-refractivity contribution in [3.63, 3.8) is 0 Å². The third-order valence-corrected chi connectivity index (χ3v) is 3.30. The van der Waals surface area contributed by atoms with Gasteiger partial charge in [-0.05, 0) is 17.7 Å².